The van der Waals surface area contributed by atoms with Gasteiger partial charge in [0.2, 0.25) is 0 Å². The van der Waals surface area contributed by atoms with Crippen LogP contribution < -0.4 is 5.32 Å². The van der Waals surface area contributed by atoms with E-state index in [0.717, 1.165) is 17.7 Å². The molecule has 3 aromatic heterocycles. The van der Waals surface area contributed by atoms with Gasteiger partial charge in [0.15, 0.2) is 17.8 Å². The summed E-state index contributed by atoms with van der Waals surface area (Å²) >= 11 is 0. The topological polar surface area (TPSA) is 77.9 Å². The molecule has 5 rings (SSSR count). The zero-order valence-corrected chi connectivity index (χ0v) is 17.9. The van der Waals surface area contributed by atoms with E-state index in [-0.39, 0.29) is 11.6 Å². The number of aromatic nitrogens is 4. The quantitative estimate of drug-likeness (QED) is 0.412. The maximum absolute atomic E-state index is 12.8. The average molecular weight is 425 g/mol. The van der Waals surface area contributed by atoms with Gasteiger partial charge in [-0.1, -0.05) is 42.0 Å². The molecule has 0 unspecified atom stereocenters. The number of carbonyl (C=O) groups excluding carboxylic acids is 1. The third-order valence-electron chi connectivity index (χ3n) is 5.51. The number of anilines is 1. The van der Waals surface area contributed by atoms with Gasteiger partial charge in [-0.3, -0.25) is 9.48 Å². The van der Waals surface area contributed by atoms with E-state index in [9.17, 15) is 4.79 Å². The molecule has 1 amide bonds. The highest BCUT2D eigenvalue weighted by Gasteiger charge is 2.19. The number of nitrogens with one attached hydrogen (secondary N) is 1. The summed E-state index contributed by atoms with van der Waals surface area (Å²) in [5.41, 5.74) is 5.25. The number of carbonyl (C=O) groups is 1. The lowest BCUT2D eigenvalue weighted by Crippen LogP contribution is -2.13. The van der Waals surface area contributed by atoms with E-state index < -0.39 is 0 Å². The van der Waals surface area contributed by atoms with Gasteiger partial charge in [-0.2, -0.15) is 5.10 Å². The van der Waals surface area contributed by atoms with Crippen molar-refractivity contribution in [2.24, 2.45) is 0 Å². The molecule has 5 aromatic rings. The lowest BCUT2D eigenvalue weighted by molar-refractivity contribution is 0.102. The van der Waals surface area contributed by atoms with Gasteiger partial charge in [-0.15, -0.1) is 0 Å². The summed E-state index contributed by atoms with van der Waals surface area (Å²) in [6, 6.07) is 16.2. The summed E-state index contributed by atoms with van der Waals surface area (Å²) in [6.45, 7) is 5.58. The highest BCUT2D eigenvalue weighted by atomic mass is 16.3. The summed E-state index contributed by atoms with van der Waals surface area (Å²) in [5.74, 6) is 0.121. The lowest BCUT2D eigenvalue weighted by atomic mass is 10.1. The Hall–Kier alpha value is -4.13. The minimum atomic E-state index is -0.332. The first-order valence-electron chi connectivity index (χ1n) is 10.5. The predicted molar refractivity (Wildman–Crippen MR) is 124 cm³/mol. The summed E-state index contributed by atoms with van der Waals surface area (Å²) < 4.78 is 9.55. The summed E-state index contributed by atoms with van der Waals surface area (Å²) in [4.78, 5) is 16.9. The number of hydrogen-bond donors (Lipinski definition) is 1. The van der Waals surface area contributed by atoms with Gasteiger partial charge in [-0.25, -0.2) is 4.98 Å². The number of amides is 1. The van der Waals surface area contributed by atoms with E-state index in [2.05, 4.69) is 57.4 Å². The standard InChI is InChI=1S/C25H23N5O2/c1-17-5-3-8-20(13-17)24-22(26-16-32-24)25(31)28-21-14-27-30(15-21)12-11-29-10-9-19-7-4-6-18(2)23(19)29/h3-10,13-16H,11-12H2,1-2H3,(H,28,31). The van der Waals surface area contributed by atoms with Crippen LogP contribution in [0.5, 0.6) is 0 Å². The summed E-state index contributed by atoms with van der Waals surface area (Å²) in [5, 5.41) is 8.49. The van der Waals surface area contributed by atoms with E-state index in [4.69, 9.17) is 4.42 Å². The second-order valence-electron chi connectivity index (χ2n) is 7.87. The van der Waals surface area contributed by atoms with Crippen molar-refractivity contribution >= 4 is 22.5 Å². The van der Waals surface area contributed by atoms with Crippen molar-refractivity contribution in [3.05, 3.63) is 90.3 Å². The van der Waals surface area contributed by atoms with Crippen molar-refractivity contribution in [1.29, 1.82) is 0 Å². The van der Waals surface area contributed by atoms with Gasteiger partial charge in [0.05, 0.1) is 23.9 Å². The lowest BCUT2D eigenvalue weighted by Gasteiger charge is -2.08. The van der Waals surface area contributed by atoms with Crippen LogP contribution in [-0.2, 0) is 13.1 Å². The number of aryl methyl sites for hydroxylation is 4. The number of para-hydroxylation sites is 1. The Morgan fingerprint density at radius 3 is 2.84 bits per heavy atom. The van der Waals surface area contributed by atoms with Crippen molar-refractivity contribution in [3.8, 4) is 11.3 Å². The number of nitrogens with zero attached hydrogens (tertiary/aromatic N) is 4. The molecule has 0 radical (unpaired) electrons. The van der Waals surface area contributed by atoms with Crippen LogP contribution >= 0.6 is 0 Å². The first kappa shape index (κ1) is 19.8. The molecule has 0 saturated heterocycles. The second-order valence-corrected chi connectivity index (χ2v) is 7.87. The van der Waals surface area contributed by atoms with Gasteiger partial charge < -0.3 is 14.3 Å². The third kappa shape index (κ3) is 3.80. The van der Waals surface area contributed by atoms with E-state index in [1.807, 2.05) is 42.1 Å². The van der Waals surface area contributed by atoms with Gasteiger partial charge in [0, 0.05) is 24.5 Å². The molecule has 7 nitrogen and oxygen atoms in total. The van der Waals surface area contributed by atoms with Crippen molar-refractivity contribution in [2.75, 3.05) is 5.32 Å². The van der Waals surface area contributed by atoms with Crippen LogP contribution in [0.4, 0.5) is 5.69 Å². The molecule has 0 aliphatic heterocycles. The molecule has 0 saturated carbocycles. The molecule has 7 heteroatoms. The molecule has 3 heterocycles. The third-order valence-corrected chi connectivity index (χ3v) is 5.51. The van der Waals surface area contributed by atoms with Crippen LogP contribution in [0.2, 0.25) is 0 Å². The molecule has 32 heavy (non-hydrogen) atoms. The van der Waals surface area contributed by atoms with Gasteiger partial charge in [-0.05, 0) is 36.9 Å². The Bertz CT molecular complexity index is 1410. The highest BCUT2D eigenvalue weighted by Crippen LogP contribution is 2.25. The fraction of sp³-hybridized carbons (Fsp3) is 0.160. The Morgan fingerprint density at radius 1 is 1.09 bits per heavy atom. The first-order valence-corrected chi connectivity index (χ1v) is 10.5. The Kier molecular flexibility index (Phi) is 5.07. The molecule has 0 atom stereocenters. The molecule has 0 spiro atoms. The molecule has 0 aliphatic rings. The molecule has 0 bridgehead atoms. The van der Waals surface area contributed by atoms with E-state index in [0.29, 0.717) is 18.0 Å². The van der Waals surface area contributed by atoms with Gasteiger partial charge >= 0.3 is 0 Å². The number of benzene rings is 2. The van der Waals surface area contributed by atoms with Crippen LogP contribution in [0.15, 0.2) is 77.9 Å². The first-order chi connectivity index (χ1) is 15.6. The number of hydrogen-bond acceptors (Lipinski definition) is 4. The van der Waals surface area contributed by atoms with E-state index >= 15 is 0 Å². The monoisotopic (exact) mass is 425 g/mol. The fourth-order valence-corrected chi connectivity index (χ4v) is 3.99. The summed E-state index contributed by atoms with van der Waals surface area (Å²) in [7, 11) is 0. The molecule has 0 aliphatic carbocycles. The van der Waals surface area contributed by atoms with Crippen LogP contribution in [0.1, 0.15) is 21.6 Å². The van der Waals surface area contributed by atoms with Gasteiger partial charge in [0.25, 0.3) is 5.91 Å². The van der Waals surface area contributed by atoms with Crippen LogP contribution in [0, 0.1) is 13.8 Å². The van der Waals surface area contributed by atoms with E-state index in [1.54, 1.807) is 6.20 Å². The molecular weight excluding hydrogens is 402 g/mol. The minimum absolute atomic E-state index is 0.248. The van der Waals surface area contributed by atoms with Crippen molar-refractivity contribution in [1.82, 2.24) is 19.3 Å². The Labute approximate surface area is 185 Å². The largest absolute Gasteiger partial charge is 0.443 e. The summed E-state index contributed by atoms with van der Waals surface area (Å²) in [6.07, 6.45) is 6.85. The number of oxazole rings is 1. The molecule has 1 N–H and O–H groups in total. The maximum Gasteiger partial charge on any atom is 0.278 e. The van der Waals surface area contributed by atoms with Crippen LogP contribution in [0.25, 0.3) is 22.2 Å². The SMILES string of the molecule is Cc1cccc(-c2ocnc2C(=O)Nc2cnn(CCn3ccc4cccc(C)c43)c2)c1. The Morgan fingerprint density at radius 2 is 1.97 bits per heavy atom. The van der Waals surface area contributed by atoms with Crippen molar-refractivity contribution in [2.45, 2.75) is 26.9 Å². The molecule has 0 fully saturated rings. The van der Waals surface area contributed by atoms with Crippen molar-refractivity contribution in [3.63, 3.8) is 0 Å². The molecule has 2 aromatic carbocycles. The maximum atomic E-state index is 12.8. The zero-order valence-electron chi connectivity index (χ0n) is 17.9. The van der Waals surface area contributed by atoms with Gasteiger partial charge in [0.1, 0.15) is 0 Å². The minimum Gasteiger partial charge on any atom is -0.443 e. The molecule has 160 valence electrons. The average Bonchev–Trinajstić information content (AvgIpc) is 3.52. The smallest absolute Gasteiger partial charge is 0.278 e. The van der Waals surface area contributed by atoms with Crippen molar-refractivity contribution < 1.29 is 9.21 Å². The van der Waals surface area contributed by atoms with E-state index in [1.165, 1.54) is 22.9 Å². The number of fused-ring (bicyclic) bond motifs is 1. The number of rotatable bonds is 6. The highest BCUT2D eigenvalue weighted by molar-refractivity contribution is 6.06. The van der Waals surface area contributed by atoms with Crippen LogP contribution in [-0.4, -0.2) is 25.2 Å². The molecular formula is C25H23N5O2. The normalized spacial score (nSPS) is 11.2. The predicted octanol–water partition coefficient (Wildman–Crippen LogP) is 5.06. The Balaban J connectivity index is 1.28. The fourth-order valence-electron chi connectivity index (χ4n) is 3.99. The zero-order chi connectivity index (χ0) is 22.1. The second kappa shape index (κ2) is 8.19. The van der Waals surface area contributed by atoms with Crippen LogP contribution in [0.3, 0.4) is 0 Å².